The number of hydrazone groups is 1. The smallest absolute Gasteiger partial charge is 0.123 e. The van der Waals surface area contributed by atoms with Crippen LogP contribution in [0.1, 0.15) is 12.5 Å². The number of nitrogens with one attached hydrogen (secondary N) is 2. The van der Waals surface area contributed by atoms with Gasteiger partial charge in [0.25, 0.3) is 0 Å². The average molecular weight is 404 g/mol. The highest BCUT2D eigenvalue weighted by molar-refractivity contribution is 6.39. The molecule has 1 aromatic carbocycles. The van der Waals surface area contributed by atoms with E-state index in [-0.39, 0.29) is 11.7 Å². The van der Waals surface area contributed by atoms with Crippen LogP contribution in [0.4, 0.5) is 4.39 Å². The molecule has 1 aliphatic rings. The molecule has 0 saturated heterocycles. The SMILES string of the molecule is C=C1/C=C(Cl)\C=N/N/C=C\1C(O)/C(=C/C(N)=NCc1ccc(F)cc1)NCC. The summed E-state index contributed by atoms with van der Waals surface area (Å²) in [5.74, 6) is -0.0890. The molecule has 0 aliphatic carbocycles. The Morgan fingerprint density at radius 1 is 1.46 bits per heavy atom. The lowest BCUT2D eigenvalue weighted by atomic mass is 9.99. The van der Waals surface area contributed by atoms with Crippen molar-refractivity contribution >= 4 is 23.7 Å². The standard InChI is InChI=1S/C20H23ClFN5O/c1-3-24-18(9-19(23)25-10-14-4-6-16(22)7-5-14)20(28)17-12-27-26-11-15(21)8-13(17)2/h4-9,11-12,20,24,27-28H,2-3,10H2,1H3,(H2,23,25)/b15-8+,17-12+,18-9-,26-11-. The van der Waals surface area contributed by atoms with Gasteiger partial charge in [0, 0.05) is 30.1 Å². The Balaban J connectivity index is 2.22. The number of aliphatic hydroxyl groups excluding tert-OH is 1. The number of hydrogen-bond donors (Lipinski definition) is 4. The first kappa shape index (κ1) is 21.4. The Morgan fingerprint density at radius 3 is 2.86 bits per heavy atom. The van der Waals surface area contributed by atoms with Crippen molar-refractivity contribution in [3.63, 3.8) is 0 Å². The summed E-state index contributed by atoms with van der Waals surface area (Å²) in [7, 11) is 0. The van der Waals surface area contributed by atoms with E-state index in [1.807, 2.05) is 6.92 Å². The van der Waals surface area contributed by atoms with Crippen LogP contribution in [0.5, 0.6) is 0 Å². The van der Waals surface area contributed by atoms with Gasteiger partial charge < -0.3 is 16.2 Å². The molecular weight excluding hydrogens is 381 g/mol. The number of amidine groups is 1. The molecule has 8 heteroatoms. The van der Waals surface area contributed by atoms with Crippen molar-refractivity contribution in [2.45, 2.75) is 19.6 Å². The second-order valence-electron chi connectivity index (χ2n) is 5.94. The zero-order valence-corrected chi connectivity index (χ0v) is 16.2. The largest absolute Gasteiger partial charge is 0.386 e. The third-order valence-electron chi connectivity index (χ3n) is 3.80. The molecule has 1 aromatic rings. The van der Waals surface area contributed by atoms with Crippen molar-refractivity contribution in [2.75, 3.05) is 6.54 Å². The molecule has 1 unspecified atom stereocenters. The highest BCUT2D eigenvalue weighted by atomic mass is 35.5. The van der Waals surface area contributed by atoms with Crippen LogP contribution in [-0.2, 0) is 6.54 Å². The first-order chi connectivity index (χ1) is 13.4. The second kappa shape index (κ2) is 10.4. The summed E-state index contributed by atoms with van der Waals surface area (Å²) in [4.78, 5) is 4.27. The number of hydrogen-bond acceptors (Lipinski definition) is 5. The topological polar surface area (TPSA) is 95.0 Å². The Bertz CT molecular complexity index is 856. The first-order valence-corrected chi connectivity index (χ1v) is 9.01. The molecule has 148 valence electrons. The molecular formula is C20H23ClFN5O. The van der Waals surface area contributed by atoms with E-state index in [2.05, 4.69) is 27.4 Å². The van der Waals surface area contributed by atoms with Gasteiger partial charge in [-0.15, -0.1) is 0 Å². The van der Waals surface area contributed by atoms with E-state index in [1.165, 1.54) is 18.3 Å². The number of rotatable bonds is 7. The van der Waals surface area contributed by atoms with E-state index >= 15 is 0 Å². The maximum absolute atomic E-state index is 13.0. The third-order valence-corrected chi connectivity index (χ3v) is 4.00. The molecule has 0 fully saturated rings. The van der Waals surface area contributed by atoms with Gasteiger partial charge in [-0.3, -0.25) is 10.4 Å². The molecule has 1 heterocycles. The van der Waals surface area contributed by atoms with E-state index in [1.54, 1.807) is 30.5 Å². The number of aliphatic imine (C=N–C) groups is 1. The number of likely N-dealkylation sites (N-methyl/N-ethyl adjacent to an activating group) is 1. The number of aliphatic hydroxyl groups is 1. The van der Waals surface area contributed by atoms with Crippen molar-refractivity contribution in [1.82, 2.24) is 10.7 Å². The molecule has 2 rings (SSSR count). The Labute approximate surface area is 168 Å². The molecule has 0 amide bonds. The van der Waals surface area contributed by atoms with Gasteiger partial charge >= 0.3 is 0 Å². The minimum absolute atomic E-state index is 0.218. The minimum Gasteiger partial charge on any atom is -0.386 e. The van der Waals surface area contributed by atoms with Gasteiger partial charge in [-0.25, -0.2) is 4.39 Å². The first-order valence-electron chi connectivity index (χ1n) is 8.63. The predicted octanol–water partition coefficient (Wildman–Crippen LogP) is 2.69. The van der Waals surface area contributed by atoms with Gasteiger partial charge in [-0.05, 0) is 36.3 Å². The maximum Gasteiger partial charge on any atom is 0.123 e. The summed E-state index contributed by atoms with van der Waals surface area (Å²) in [5, 5.41) is 18.2. The number of allylic oxidation sites excluding steroid dienone is 2. The zero-order valence-electron chi connectivity index (χ0n) is 15.5. The average Bonchev–Trinajstić information content (AvgIpc) is 2.65. The van der Waals surface area contributed by atoms with Gasteiger partial charge in [-0.1, -0.05) is 30.3 Å². The van der Waals surface area contributed by atoms with Crippen molar-refractivity contribution in [3.8, 4) is 0 Å². The van der Waals surface area contributed by atoms with Crippen LogP contribution in [0, 0.1) is 5.82 Å². The quantitative estimate of drug-likeness (QED) is 0.416. The van der Waals surface area contributed by atoms with Crippen LogP contribution in [-0.4, -0.2) is 29.8 Å². The van der Waals surface area contributed by atoms with Crippen molar-refractivity contribution in [2.24, 2.45) is 15.8 Å². The van der Waals surface area contributed by atoms with Crippen LogP contribution < -0.4 is 16.5 Å². The molecule has 0 aromatic heterocycles. The van der Waals surface area contributed by atoms with E-state index in [0.717, 1.165) is 5.56 Å². The van der Waals surface area contributed by atoms with Gasteiger partial charge in [0.15, 0.2) is 0 Å². The summed E-state index contributed by atoms with van der Waals surface area (Å²) >= 11 is 6.00. The van der Waals surface area contributed by atoms with Gasteiger partial charge in [0.2, 0.25) is 0 Å². The highest BCUT2D eigenvalue weighted by Gasteiger charge is 2.19. The number of nitrogens with zero attached hydrogens (tertiary/aromatic N) is 2. The second-order valence-corrected chi connectivity index (χ2v) is 6.38. The molecule has 6 nitrogen and oxygen atoms in total. The molecule has 28 heavy (non-hydrogen) atoms. The molecule has 5 N–H and O–H groups in total. The van der Waals surface area contributed by atoms with Crippen LogP contribution in [0.25, 0.3) is 0 Å². The number of halogens is 2. The molecule has 1 aliphatic heterocycles. The number of benzene rings is 1. The zero-order chi connectivity index (χ0) is 20.5. The predicted molar refractivity (Wildman–Crippen MR) is 112 cm³/mol. The Morgan fingerprint density at radius 2 is 2.18 bits per heavy atom. The molecule has 0 bridgehead atoms. The summed E-state index contributed by atoms with van der Waals surface area (Å²) in [6.45, 7) is 6.69. The van der Waals surface area contributed by atoms with Crippen LogP contribution in [0.15, 0.2) is 81.2 Å². The number of nitrogens with two attached hydrogens (primary N) is 1. The fourth-order valence-electron chi connectivity index (χ4n) is 2.42. The van der Waals surface area contributed by atoms with Crippen LogP contribution in [0.2, 0.25) is 0 Å². The summed E-state index contributed by atoms with van der Waals surface area (Å²) in [6, 6.07) is 6.01. The van der Waals surface area contributed by atoms with E-state index < -0.39 is 6.10 Å². The maximum atomic E-state index is 13.0. The Kier molecular flexibility index (Phi) is 7.98. The van der Waals surface area contributed by atoms with Crippen molar-refractivity contribution in [1.29, 1.82) is 0 Å². The van der Waals surface area contributed by atoms with Gasteiger partial charge in [0.05, 0.1) is 17.8 Å². The lowest BCUT2D eigenvalue weighted by Gasteiger charge is -2.20. The summed E-state index contributed by atoms with van der Waals surface area (Å²) < 4.78 is 13.0. The molecule has 0 spiro atoms. The fourth-order valence-corrected chi connectivity index (χ4v) is 2.60. The fraction of sp³-hybridized carbons (Fsp3) is 0.200. The van der Waals surface area contributed by atoms with Gasteiger partial charge in [0.1, 0.15) is 17.8 Å². The van der Waals surface area contributed by atoms with Crippen molar-refractivity contribution in [3.05, 3.63) is 82.5 Å². The van der Waals surface area contributed by atoms with E-state index in [0.29, 0.717) is 35.0 Å². The minimum atomic E-state index is -1.05. The lowest BCUT2D eigenvalue weighted by Crippen LogP contribution is -2.29. The monoisotopic (exact) mass is 403 g/mol. The highest BCUT2D eigenvalue weighted by Crippen LogP contribution is 2.21. The van der Waals surface area contributed by atoms with Crippen molar-refractivity contribution < 1.29 is 9.50 Å². The summed E-state index contributed by atoms with van der Waals surface area (Å²) in [6.07, 6.45) is 5.09. The molecule has 0 radical (unpaired) electrons. The van der Waals surface area contributed by atoms with Gasteiger partial charge in [-0.2, -0.15) is 5.10 Å². The summed E-state index contributed by atoms with van der Waals surface area (Å²) in [5.41, 5.74) is 11.0. The third kappa shape index (κ3) is 6.37. The molecule has 0 saturated carbocycles. The van der Waals surface area contributed by atoms with E-state index in [4.69, 9.17) is 17.3 Å². The molecule has 1 atom stereocenters. The van der Waals surface area contributed by atoms with Crippen LogP contribution in [0.3, 0.4) is 0 Å². The van der Waals surface area contributed by atoms with E-state index in [9.17, 15) is 9.50 Å². The Hall–Kier alpha value is -2.90. The lowest BCUT2D eigenvalue weighted by molar-refractivity contribution is 0.240. The normalized spacial score (nSPS) is 21.4. The van der Waals surface area contributed by atoms with Crippen LogP contribution >= 0.6 is 11.6 Å².